The Kier molecular flexibility index (Phi) is 2.01. The van der Waals surface area contributed by atoms with Crippen LogP contribution in [0.15, 0.2) is 17.1 Å². The SMILES string of the molecule is CC1=NC(Cl)C(C)(C#N)C=C1. The highest BCUT2D eigenvalue weighted by atomic mass is 35.5. The van der Waals surface area contributed by atoms with E-state index in [1.54, 1.807) is 13.0 Å². The van der Waals surface area contributed by atoms with Crippen LogP contribution < -0.4 is 0 Å². The van der Waals surface area contributed by atoms with Crippen molar-refractivity contribution >= 4 is 17.3 Å². The Morgan fingerprint density at radius 2 is 2.45 bits per heavy atom. The lowest BCUT2D eigenvalue weighted by atomic mass is 9.90. The predicted octanol–water partition coefficient (Wildman–Crippen LogP) is 2.11. The summed E-state index contributed by atoms with van der Waals surface area (Å²) in [6, 6.07) is 2.12. The summed E-state index contributed by atoms with van der Waals surface area (Å²) in [7, 11) is 0. The van der Waals surface area contributed by atoms with Crippen LogP contribution in [0.1, 0.15) is 13.8 Å². The minimum Gasteiger partial charge on any atom is -0.269 e. The first kappa shape index (κ1) is 8.29. The van der Waals surface area contributed by atoms with Gasteiger partial charge in [0, 0.05) is 5.71 Å². The highest BCUT2D eigenvalue weighted by Gasteiger charge is 2.32. The zero-order chi connectivity index (χ0) is 8.48. The summed E-state index contributed by atoms with van der Waals surface area (Å²) < 4.78 is 0. The van der Waals surface area contributed by atoms with Gasteiger partial charge in [-0.05, 0) is 19.9 Å². The van der Waals surface area contributed by atoms with Crippen LogP contribution in [0.3, 0.4) is 0 Å². The number of halogens is 1. The molecule has 1 rings (SSSR count). The van der Waals surface area contributed by atoms with Crippen molar-refractivity contribution in [2.75, 3.05) is 0 Å². The standard InChI is InChI=1S/C8H9ClN2/c1-6-3-4-8(2,5-10)7(9)11-6/h3-4,7H,1-2H3. The van der Waals surface area contributed by atoms with Crippen molar-refractivity contribution in [1.29, 1.82) is 5.26 Å². The molecule has 0 bridgehead atoms. The topological polar surface area (TPSA) is 36.1 Å². The Morgan fingerprint density at radius 3 is 2.91 bits per heavy atom. The van der Waals surface area contributed by atoms with E-state index in [0.29, 0.717) is 0 Å². The van der Waals surface area contributed by atoms with Crippen molar-refractivity contribution in [3.05, 3.63) is 12.2 Å². The number of nitrogens with zero attached hydrogens (tertiary/aromatic N) is 2. The Bertz CT molecular complexity index is 262. The molecule has 1 aliphatic rings. The van der Waals surface area contributed by atoms with Crippen LogP contribution >= 0.6 is 11.6 Å². The smallest absolute Gasteiger partial charge is 0.145 e. The molecule has 0 saturated heterocycles. The van der Waals surface area contributed by atoms with E-state index in [0.717, 1.165) is 5.71 Å². The average molecular weight is 169 g/mol. The fraction of sp³-hybridized carbons (Fsp3) is 0.500. The lowest BCUT2D eigenvalue weighted by Gasteiger charge is -2.23. The Morgan fingerprint density at radius 1 is 1.82 bits per heavy atom. The van der Waals surface area contributed by atoms with Gasteiger partial charge in [0.2, 0.25) is 0 Å². The molecule has 2 nitrogen and oxygen atoms in total. The van der Waals surface area contributed by atoms with E-state index in [-0.39, 0.29) is 0 Å². The number of nitriles is 1. The quantitative estimate of drug-likeness (QED) is 0.403. The van der Waals surface area contributed by atoms with E-state index >= 15 is 0 Å². The number of rotatable bonds is 0. The Balaban J connectivity index is 2.95. The molecule has 1 heterocycles. The fourth-order valence-electron chi connectivity index (χ4n) is 0.820. The summed E-state index contributed by atoms with van der Waals surface area (Å²) in [5, 5.41) is 8.75. The van der Waals surface area contributed by atoms with Gasteiger partial charge < -0.3 is 0 Å². The molecule has 0 spiro atoms. The van der Waals surface area contributed by atoms with Gasteiger partial charge in [-0.2, -0.15) is 5.26 Å². The molecule has 0 aliphatic carbocycles. The monoisotopic (exact) mass is 168 g/mol. The van der Waals surface area contributed by atoms with Crippen molar-refractivity contribution in [2.24, 2.45) is 10.4 Å². The van der Waals surface area contributed by atoms with Crippen LogP contribution in [0.5, 0.6) is 0 Å². The molecule has 0 N–H and O–H groups in total. The largest absolute Gasteiger partial charge is 0.269 e. The van der Waals surface area contributed by atoms with Gasteiger partial charge in [0.05, 0.1) is 6.07 Å². The third kappa shape index (κ3) is 1.44. The lowest BCUT2D eigenvalue weighted by Crippen LogP contribution is -2.26. The third-order valence-electron chi connectivity index (χ3n) is 1.72. The van der Waals surface area contributed by atoms with Crippen molar-refractivity contribution in [1.82, 2.24) is 0 Å². The normalized spacial score (nSPS) is 36.2. The molecular weight excluding hydrogens is 160 g/mol. The molecule has 0 aromatic rings. The molecule has 3 heteroatoms. The summed E-state index contributed by atoms with van der Waals surface area (Å²) in [5.41, 5.74) is -0.212. The van der Waals surface area contributed by atoms with Gasteiger partial charge in [-0.3, -0.25) is 4.99 Å². The molecule has 0 fully saturated rings. The van der Waals surface area contributed by atoms with Gasteiger partial charge in [0.15, 0.2) is 0 Å². The van der Waals surface area contributed by atoms with Crippen LogP contribution in [0.2, 0.25) is 0 Å². The van der Waals surface area contributed by atoms with Gasteiger partial charge in [-0.1, -0.05) is 17.7 Å². The molecular formula is C8H9ClN2. The first-order valence-electron chi connectivity index (χ1n) is 3.37. The van der Waals surface area contributed by atoms with Gasteiger partial charge >= 0.3 is 0 Å². The third-order valence-corrected chi connectivity index (χ3v) is 2.27. The van der Waals surface area contributed by atoms with Gasteiger partial charge in [-0.25, -0.2) is 0 Å². The number of hydrogen-bond donors (Lipinski definition) is 0. The van der Waals surface area contributed by atoms with E-state index in [1.165, 1.54) is 0 Å². The molecule has 0 aromatic carbocycles. The molecule has 0 aromatic heterocycles. The van der Waals surface area contributed by atoms with Gasteiger partial charge in [-0.15, -0.1) is 0 Å². The second-order valence-electron chi connectivity index (χ2n) is 2.83. The van der Waals surface area contributed by atoms with E-state index < -0.39 is 10.9 Å². The Hall–Kier alpha value is -0.810. The number of allylic oxidation sites excluding steroid dienone is 1. The van der Waals surface area contributed by atoms with Gasteiger partial charge in [0.25, 0.3) is 0 Å². The number of dihydropyridines is 1. The van der Waals surface area contributed by atoms with Crippen LogP contribution in [-0.4, -0.2) is 11.2 Å². The van der Waals surface area contributed by atoms with E-state index in [2.05, 4.69) is 11.1 Å². The zero-order valence-corrected chi connectivity index (χ0v) is 7.26. The fourth-order valence-corrected chi connectivity index (χ4v) is 1.10. The van der Waals surface area contributed by atoms with Crippen LogP contribution in [0.4, 0.5) is 0 Å². The van der Waals surface area contributed by atoms with E-state index in [4.69, 9.17) is 16.9 Å². The number of aliphatic imine (C=N–C) groups is 1. The lowest BCUT2D eigenvalue weighted by molar-refractivity contribution is 0.535. The minimum absolute atomic E-state index is 0.447. The van der Waals surface area contributed by atoms with E-state index in [9.17, 15) is 0 Å². The summed E-state index contributed by atoms with van der Waals surface area (Å²) in [4.78, 5) is 4.08. The Labute approximate surface area is 71.2 Å². The maximum atomic E-state index is 8.75. The predicted molar refractivity (Wildman–Crippen MR) is 45.6 cm³/mol. The maximum Gasteiger partial charge on any atom is 0.145 e. The second-order valence-corrected chi connectivity index (χ2v) is 3.25. The maximum absolute atomic E-state index is 8.75. The van der Waals surface area contributed by atoms with Crippen molar-refractivity contribution in [2.45, 2.75) is 19.3 Å². The molecule has 58 valence electrons. The molecule has 11 heavy (non-hydrogen) atoms. The van der Waals surface area contributed by atoms with Crippen LogP contribution in [0.25, 0.3) is 0 Å². The summed E-state index contributed by atoms with van der Waals surface area (Å²) in [5.74, 6) is 0. The first-order chi connectivity index (χ1) is 5.08. The summed E-state index contributed by atoms with van der Waals surface area (Å²) in [6.07, 6.45) is 3.62. The zero-order valence-electron chi connectivity index (χ0n) is 6.50. The summed E-state index contributed by atoms with van der Waals surface area (Å²) >= 11 is 5.86. The number of hydrogen-bond acceptors (Lipinski definition) is 2. The minimum atomic E-state index is -0.638. The molecule has 2 unspecified atom stereocenters. The van der Waals surface area contributed by atoms with Crippen molar-refractivity contribution in [3.8, 4) is 6.07 Å². The van der Waals surface area contributed by atoms with Crippen LogP contribution in [0, 0.1) is 16.7 Å². The first-order valence-corrected chi connectivity index (χ1v) is 3.81. The molecule has 0 saturated carbocycles. The van der Waals surface area contributed by atoms with Crippen LogP contribution in [-0.2, 0) is 0 Å². The second kappa shape index (κ2) is 2.67. The molecule has 0 amide bonds. The molecule has 1 aliphatic heterocycles. The highest BCUT2D eigenvalue weighted by Crippen LogP contribution is 2.30. The van der Waals surface area contributed by atoms with Gasteiger partial charge in [0.1, 0.15) is 10.9 Å². The highest BCUT2D eigenvalue weighted by molar-refractivity contribution is 6.22. The number of alkyl halides is 1. The van der Waals surface area contributed by atoms with Crippen molar-refractivity contribution < 1.29 is 0 Å². The average Bonchev–Trinajstić information content (AvgIpc) is 1.98. The van der Waals surface area contributed by atoms with Crippen molar-refractivity contribution in [3.63, 3.8) is 0 Å². The molecule has 0 radical (unpaired) electrons. The summed E-state index contributed by atoms with van der Waals surface area (Å²) in [6.45, 7) is 3.64. The molecule has 2 atom stereocenters. The van der Waals surface area contributed by atoms with E-state index in [1.807, 2.05) is 13.0 Å².